The first kappa shape index (κ1) is 13.4. The minimum absolute atomic E-state index is 0.188. The van der Waals surface area contributed by atoms with Gasteiger partial charge in [-0.15, -0.1) is 0 Å². The average molecular weight is 323 g/mol. The first-order valence-corrected chi connectivity index (χ1v) is 8.25. The fourth-order valence-corrected chi connectivity index (χ4v) is 4.33. The highest BCUT2D eigenvalue weighted by atomic mass is 79.9. The van der Waals surface area contributed by atoms with Crippen molar-refractivity contribution in [3.05, 3.63) is 23.9 Å². The van der Waals surface area contributed by atoms with Gasteiger partial charge in [0.1, 0.15) is 5.82 Å². The van der Waals surface area contributed by atoms with Crippen LogP contribution in [0.25, 0.3) is 0 Å². The lowest BCUT2D eigenvalue weighted by Crippen LogP contribution is -2.43. The molecule has 19 heavy (non-hydrogen) atoms. The lowest BCUT2D eigenvalue weighted by molar-refractivity contribution is 0.479. The molecule has 0 radical (unpaired) electrons. The molecule has 0 spiro atoms. The Kier molecular flexibility index (Phi) is 3.36. The second kappa shape index (κ2) is 4.76. The van der Waals surface area contributed by atoms with Gasteiger partial charge in [-0.3, -0.25) is 0 Å². The average Bonchev–Trinajstić information content (AvgIpc) is 2.61. The van der Waals surface area contributed by atoms with Crippen molar-refractivity contribution in [1.82, 2.24) is 4.98 Å². The fourth-order valence-electron chi connectivity index (χ4n) is 3.47. The molecule has 1 aromatic heterocycles. The molecule has 0 aliphatic carbocycles. The molecule has 3 heterocycles. The van der Waals surface area contributed by atoms with Gasteiger partial charge in [-0.2, -0.15) is 0 Å². The zero-order valence-corrected chi connectivity index (χ0v) is 13.7. The van der Waals surface area contributed by atoms with Gasteiger partial charge in [-0.05, 0) is 42.7 Å². The van der Waals surface area contributed by atoms with Crippen LogP contribution in [-0.4, -0.2) is 21.9 Å². The summed E-state index contributed by atoms with van der Waals surface area (Å²) in [5.74, 6) is 1.18. The van der Waals surface area contributed by atoms with Crippen LogP contribution in [0.4, 0.5) is 5.82 Å². The molecule has 2 bridgehead atoms. The Labute approximate surface area is 124 Å². The molecule has 0 saturated carbocycles. The van der Waals surface area contributed by atoms with E-state index in [-0.39, 0.29) is 5.41 Å². The summed E-state index contributed by atoms with van der Waals surface area (Å²) in [6, 6.07) is 5.86. The molecule has 104 valence electrons. The van der Waals surface area contributed by atoms with Crippen molar-refractivity contribution in [3.8, 4) is 0 Å². The standard InChI is InChI=1S/C16H23BrN2/c1-16(2,3)11-4-7-15(18-10-11)19-13-5-6-14(19)9-12(17)8-13/h4,7,10,12-14H,5-6,8-9H2,1-3H3. The zero-order chi connectivity index (χ0) is 13.6. The van der Waals surface area contributed by atoms with Gasteiger partial charge in [0.15, 0.2) is 0 Å². The molecule has 2 nitrogen and oxygen atoms in total. The molecule has 0 N–H and O–H groups in total. The van der Waals surface area contributed by atoms with Gasteiger partial charge in [0.2, 0.25) is 0 Å². The molecule has 0 aromatic carbocycles. The van der Waals surface area contributed by atoms with E-state index in [1.807, 2.05) is 0 Å². The Morgan fingerprint density at radius 2 is 1.79 bits per heavy atom. The van der Waals surface area contributed by atoms with Crippen LogP contribution in [0, 0.1) is 0 Å². The number of hydrogen-bond acceptors (Lipinski definition) is 2. The third-order valence-corrected chi connectivity index (χ3v) is 5.30. The quantitative estimate of drug-likeness (QED) is 0.717. The van der Waals surface area contributed by atoms with Crippen molar-refractivity contribution in [1.29, 1.82) is 0 Å². The Hall–Kier alpha value is -0.570. The predicted octanol–water partition coefficient (Wildman–Crippen LogP) is 4.27. The van der Waals surface area contributed by atoms with Gasteiger partial charge in [0.25, 0.3) is 0 Å². The van der Waals surface area contributed by atoms with Crippen LogP contribution in [0.5, 0.6) is 0 Å². The highest BCUT2D eigenvalue weighted by molar-refractivity contribution is 9.09. The Morgan fingerprint density at radius 1 is 1.16 bits per heavy atom. The second-order valence-electron chi connectivity index (χ2n) is 7.02. The fraction of sp³-hybridized carbons (Fsp3) is 0.688. The van der Waals surface area contributed by atoms with Crippen molar-refractivity contribution in [2.24, 2.45) is 0 Å². The maximum Gasteiger partial charge on any atom is 0.128 e. The number of fused-ring (bicyclic) bond motifs is 2. The summed E-state index contributed by atoms with van der Waals surface area (Å²) in [5.41, 5.74) is 1.51. The van der Waals surface area contributed by atoms with Crippen molar-refractivity contribution in [3.63, 3.8) is 0 Å². The highest BCUT2D eigenvalue weighted by Crippen LogP contribution is 2.40. The van der Waals surface area contributed by atoms with Crippen LogP contribution < -0.4 is 4.90 Å². The molecule has 2 saturated heterocycles. The van der Waals surface area contributed by atoms with Crippen molar-refractivity contribution in [2.45, 2.75) is 68.8 Å². The SMILES string of the molecule is CC(C)(C)c1ccc(N2C3CCC2CC(Br)C3)nc1. The number of alkyl halides is 1. The van der Waals surface area contributed by atoms with Gasteiger partial charge < -0.3 is 4.90 Å². The van der Waals surface area contributed by atoms with Crippen molar-refractivity contribution < 1.29 is 0 Å². The number of pyridine rings is 1. The topological polar surface area (TPSA) is 16.1 Å². The van der Waals surface area contributed by atoms with Gasteiger partial charge in [-0.1, -0.05) is 42.8 Å². The second-order valence-corrected chi connectivity index (χ2v) is 8.31. The summed E-state index contributed by atoms with van der Waals surface area (Å²) in [6.45, 7) is 6.72. The van der Waals surface area contributed by atoms with E-state index in [2.05, 4.69) is 59.9 Å². The van der Waals surface area contributed by atoms with Gasteiger partial charge >= 0.3 is 0 Å². The number of hydrogen-bond donors (Lipinski definition) is 0. The van der Waals surface area contributed by atoms with E-state index in [0.717, 1.165) is 0 Å². The third kappa shape index (κ3) is 2.54. The number of halogens is 1. The molecule has 2 fully saturated rings. The van der Waals surface area contributed by atoms with E-state index < -0.39 is 0 Å². The van der Waals surface area contributed by atoms with E-state index in [0.29, 0.717) is 16.9 Å². The Balaban J connectivity index is 1.84. The molecule has 2 atom stereocenters. The largest absolute Gasteiger partial charge is 0.351 e. The van der Waals surface area contributed by atoms with Crippen LogP contribution in [0.3, 0.4) is 0 Å². The van der Waals surface area contributed by atoms with Gasteiger partial charge in [0, 0.05) is 23.1 Å². The summed E-state index contributed by atoms with van der Waals surface area (Å²) >= 11 is 3.80. The lowest BCUT2D eigenvalue weighted by atomic mass is 9.88. The van der Waals surface area contributed by atoms with Crippen molar-refractivity contribution >= 4 is 21.7 Å². The zero-order valence-electron chi connectivity index (χ0n) is 12.1. The highest BCUT2D eigenvalue weighted by Gasteiger charge is 2.40. The molecule has 3 rings (SSSR count). The Bertz CT molecular complexity index is 435. The van der Waals surface area contributed by atoms with Gasteiger partial charge in [-0.25, -0.2) is 4.98 Å². The maximum absolute atomic E-state index is 4.75. The number of anilines is 1. The molecular weight excluding hydrogens is 300 g/mol. The van der Waals surface area contributed by atoms with Crippen LogP contribution >= 0.6 is 15.9 Å². The third-order valence-electron chi connectivity index (χ3n) is 4.55. The predicted molar refractivity (Wildman–Crippen MR) is 84.2 cm³/mol. The molecule has 1 aromatic rings. The number of piperidine rings is 1. The lowest BCUT2D eigenvalue weighted by Gasteiger charge is -2.38. The number of rotatable bonds is 1. The minimum Gasteiger partial charge on any atom is -0.351 e. The first-order valence-electron chi connectivity index (χ1n) is 7.34. The van der Waals surface area contributed by atoms with Crippen molar-refractivity contribution in [2.75, 3.05) is 4.90 Å². The van der Waals surface area contributed by atoms with E-state index in [4.69, 9.17) is 4.98 Å². The van der Waals surface area contributed by atoms with Crippen LogP contribution in [-0.2, 0) is 5.41 Å². The summed E-state index contributed by atoms with van der Waals surface area (Å²) in [6.07, 6.45) is 7.25. The van der Waals surface area contributed by atoms with E-state index in [1.165, 1.54) is 37.1 Å². The van der Waals surface area contributed by atoms with E-state index >= 15 is 0 Å². The molecule has 2 aliphatic rings. The Morgan fingerprint density at radius 3 is 2.26 bits per heavy atom. The number of aromatic nitrogens is 1. The number of nitrogens with zero attached hydrogens (tertiary/aromatic N) is 2. The first-order chi connectivity index (χ1) is 8.95. The minimum atomic E-state index is 0.188. The summed E-state index contributed by atoms with van der Waals surface area (Å²) in [7, 11) is 0. The summed E-state index contributed by atoms with van der Waals surface area (Å²) in [4.78, 5) is 8.02. The molecule has 3 heteroatoms. The van der Waals surface area contributed by atoms with E-state index in [1.54, 1.807) is 0 Å². The van der Waals surface area contributed by atoms with Gasteiger partial charge in [0.05, 0.1) is 0 Å². The monoisotopic (exact) mass is 322 g/mol. The normalized spacial score (nSPS) is 30.7. The summed E-state index contributed by atoms with van der Waals surface area (Å²) < 4.78 is 0. The summed E-state index contributed by atoms with van der Waals surface area (Å²) in [5, 5.41) is 0. The maximum atomic E-state index is 4.75. The van der Waals surface area contributed by atoms with E-state index in [9.17, 15) is 0 Å². The van der Waals surface area contributed by atoms with Crippen LogP contribution in [0.2, 0.25) is 0 Å². The molecule has 2 unspecified atom stereocenters. The smallest absolute Gasteiger partial charge is 0.128 e. The molecule has 2 aliphatic heterocycles. The van der Waals surface area contributed by atoms with Crippen LogP contribution in [0.15, 0.2) is 18.3 Å². The molecule has 0 amide bonds. The molecular formula is C16H23BrN2. The van der Waals surface area contributed by atoms with Crippen LogP contribution in [0.1, 0.15) is 52.0 Å².